The number of nitrogens with zero attached hydrogens (tertiary/aromatic N) is 2. The van der Waals surface area contributed by atoms with Crippen LogP contribution in [0.4, 0.5) is 9.18 Å². The van der Waals surface area contributed by atoms with Gasteiger partial charge in [-0.1, -0.05) is 30.3 Å². The Balaban J connectivity index is 1.30. The lowest BCUT2D eigenvalue weighted by atomic mass is 9.92. The summed E-state index contributed by atoms with van der Waals surface area (Å²) in [6, 6.07) is 14.1. The predicted octanol–water partition coefficient (Wildman–Crippen LogP) is 4.62. The Hall–Kier alpha value is -3.42. The summed E-state index contributed by atoms with van der Waals surface area (Å²) < 4.78 is 24.8. The van der Waals surface area contributed by atoms with Gasteiger partial charge in [0.05, 0.1) is 12.3 Å². The van der Waals surface area contributed by atoms with Gasteiger partial charge in [-0.25, -0.2) is 19.0 Å². The number of halogens is 1. The van der Waals surface area contributed by atoms with Crippen molar-refractivity contribution >= 4 is 22.8 Å². The molecule has 0 radical (unpaired) electrons. The van der Waals surface area contributed by atoms with Crippen molar-refractivity contribution in [2.75, 3.05) is 19.7 Å². The Bertz CT molecular complexity index is 1120. The molecule has 8 heteroatoms. The number of hydrogen-bond donors (Lipinski definition) is 1. The molecule has 32 heavy (non-hydrogen) atoms. The highest BCUT2D eigenvalue weighted by molar-refractivity contribution is 5.86. The first-order valence-corrected chi connectivity index (χ1v) is 10.7. The van der Waals surface area contributed by atoms with Crippen LogP contribution in [0.3, 0.4) is 0 Å². The molecule has 3 aromatic rings. The molecule has 1 unspecified atom stereocenters. The summed E-state index contributed by atoms with van der Waals surface area (Å²) in [7, 11) is 0. The van der Waals surface area contributed by atoms with Gasteiger partial charge in [0.15, 0.2) is 6.17 Å². The van der Waals surface area contributed by atoms with Crippen LogP contribution in [0.15, 0.2) is 46.9 Å². The third-order valence-electron chi connectivity index (χ3n) is 5.90. The van der Waals surface area contributed by atoms with E-state index in [-0.39, 0.29) is 19.7 Å². The zero-order valence-electron chi connectivity index (χ0n) is 17.8. The number of amides is 1. The van der Waals surface area contributed by atoms with Gasteiger partial charge in [-0.2, -0.15) is 0 Å². The standard InChI is InChI=1S/C24H25FN2O5/c1-15-20(26-22(32-15)19-7-6-16-4-2-3-5-18(16)14-19)10-13-31-24(30)27-11-8-17(9-12-27)21(25)23(28)29/h2-7,14,17,21H,8-13H2,1H3,(H,28,29). The zero-order chi connectivity index (χ0) is 22.7. The number of benzene rings is 2. The van der Waals surface area contributed by atoms with Gasteiger partial charge in [-0.05, 0) is 42.7 Å². The van der Waals surface area contributed by atoms with E-state index in [1.807, 2.05) is 49.4 Å². The Morgan fingerprint density at radius 3 is 2.66 bits per heavy atom. The van der Waals surface area contributed by atoms with Crippen molar-refractivity contribution < 1.29 is 28.2 Å². The van der Waals surface area contributed by atoms with E-state index in [0.29, 0.717) is 30.9 Å². The lowest BCUT2D eigenvalue weighted by Gasteiger charge is -2.31. The van der Waals surface area contributed by atoms with Crippen LogP contribution in [0.5, 0.6) is 0 Å². The summed E-state index contributed by atoms with van der Waals surface area (Å²) in [5.74, 6) is -0.816. The molecule has 7 nitrogen and oxygen atoms in total. The van der Waals surface area contributed by atoms with Crippen LogP contribution >= 0.6 is 0 Å². The van der Waals surface area contributed by atoms with E-state index in [2.05, 4.69) is 4.98 Å². The van der Waals surface area contributed by atoms with Gasteiger partial charge in [-0.3, -0.25) is 0 Å². The maximum Gasteiger partial charge on any atom is 0.409 e. The number of ether oxygens (including phenoxy) is 1. The molecule has 0 aliphatic carbocycles. The summed E-state index contributed by atoms with van der Waals surface area (Å²) in [5.41, 5.74) is 1.60. The van der Waals surface area contributed by atoms with Crippen LogP contribution in [-0.2, 0) is 16.0 Å². The van der Waals surface area contributed by atoms with Crippen LogP contribution in [0.25, 0.3) is 22.2 Å². The number of carbonyl (C=O) groups is 2. The first-order valence-electron chi connectivity index (χ1n) is 10.7. The second-order valence-electron chi connectivity index (χ2n) is 8.01. The smallest absolute Gasteiger partial charge is 0.409 e. The number of alkyl halides is 1. The second-order valence-corrected chi connectivity index (χ2v) is 8.01. The van der Waals surface area contributed by atoms with E-state index in [1.54, 1.807) is 0 Å². The fourth-order valence-corrected chi connectivity index (χ4v) is 4.01. The Kier molecular flexibility index (Phi) is 6.39. The summed E-state index contributed by atoms with van der Waals surface area (Å²) in [6.45, 7) is 2.54. The molecule has 4 rings (SSSR count). The quantitative estimate of drug-likeness (QED) is 0.601. The lowest BCUT2D eigenvalue weighted by Crippen LogP contribution is -2.42. The van der Waals surface area contributed by atoms with Crippen molar-refractivity contribution in [3.63, 3.8) is 0 Å². The minimum atomic E-state index is -1.89. The molecule has 1 saturated heterocycles. The SMILES string of the molecule is Cc1oc(-c2ccc3ccccc3c2)nc1CCOC(=O)N1CCC(C(F)C(=O)O)CC1. The van der Waals surface area contributed by atoms with Crippen LogP contribution in [0, 0.1) is 12.8 Å². The average molecular weight is 440 g/mol. The average Bonchev–Trinajstić information content (AvgIpc) is 3.18. The molecular weight excluding hydrogens is 415 g/mol. The Morgan fingerprint density at radius 2 is 1.94 bits per heavy atom. The third-order valence-corrected chi connectivity index (χ3v) is 5.90. The number of aliphatic carboxylic acids is 1. The number of piperidine rings is 1. The molecule has 1 fully saturated rings. The molecule has 2 aromatic carbocycles. The monoisotopic (exact) mass is 440 g/mol. The van der Waals surface area contributed by atoms with Crippen LogP contribution in [0.2, 0.25) is 0 Å². The molecule has 2 heterocycles. The topological polar surface area (TPSA) is 92.9 Å². The molecular formula is C24H25FN2O5. The van der Waals surface area contributed by atoms with Gasteiger partial charge in [0.2, 0.25) is 5.89 Å². The largest absolute Gasteiger partial charge is 0.479 e. The third kappa shape index (κ3) is 4.74. The molecule has 1 aliphatic rings. The molecule has 1 aromatic heterocycles. The minimum absolute atomic E-state index is 0.143. The van der Waals surface area contributed by atoms with E-state index in [9.17, 15) is 14.0 Å². The summed E-state index contributed by atoms with van der Waals surface area (Å²) in [4.78, 5) is 29.1. The normalized spacial score (nSPS) is 15.6. The summed E-state index contributed by atoms with van der Waals surface area (Å²) in [6.07, 6.45) is -1.35. The van der Waals surface area contributed by atoms with Gasteiger partial charge in [0, 0.05) is 31.0 Å². The number of carboxylic acid groups (broad SMARTS) is 1. The van der Waals surface area contributed by atoms with Gasteiger partial charge in [0.1, 0.15) is 5.76 Å². The number of carbonyl (C=O) groups excluding carboxylic acids is 1. The highest BCUT2D eigenvalue weighted by Gasteiger charge is 2.33. The van der Waals surface area contributed by atoms with Crippen molar-refractivity contribution in [3.05, 3.63) is 53.9 Å². The number of aromatic nitrogens is 1. The van der Waals surface area contributed by atoms with Crippen molar-refractivity contribution in [1.82, 2.24) is 9.88 Å². The van der Waals surface area contributed by atoms with Crippen LogP contribution in [0.1, 0.15) is 24.3 Å². The second kappa shape index (κ2) is 9.38. The number of carboxylic acids is 1. The molecule has 0 saturated carbocycles. The number of oxazole rings is 1. The van der Waals surface area contributed by atoms with E-state index in [4.69, 9.17) is 14.3 Å². The molecule has 1 N–H and O–H groups in total. The number of hydrogen-bond acceptors (Lipinski definition) is 5. The predicted molar refractivity (Wildman–Crippen MR) is 116 cm³/mol. The molecule has 1 atom stereocenters. The maximum absolute atomic E-state index is 13.6. The summed E-state index contributed by atoms with van der Waals surface area (Å²) >= 11 is 0. The van der Waals surface area contributed by atoms with Crippen LogP contribution in [-0.4, -0.2) is 52.9 Å². The first kappa shape index (κ1) is 21.8. The number of rotatable bonds is 6. The molecule has 0 spiro atoms. The van der Waals surface area contributed by atoms with Crippen molar-refractivity contribution in [2.24, 2.45) is 5.92 Å². The number of fused-ring (bicyclic) bond motifs is 1. The maximum atomic E-state index is 13.6. The van der Waals surface area contributed by atoms with Crippen molar-refractivity contribution in [2.45, 2.75) is 32.4 Å². The fourth-order valence-electron chi connectivity index (χ4n) is 4.01. The lowest BCUT2D eigenvalue weighted by molar-refractivity contribution is -0.145. The molecule has 1 aliphatic heterocycles. The van der Waals surface area contributed by atoms with E-state index in [1.165, 1.54) is 4.90 Å². The van der Waals surface area contributed by atoms with Gasteiger partial charge < -0.3 is 19.2 Å². The zero-order valence-corrected chi connectivity index (χ0v) is 17.8. The number of aryl methyl sites for hydroxylation is 1. The van der Waals surface area contributed by atoms with E-state index in [0.717, 1.165) is 22.0 Å². The van der Waals surface area contributed by atoms with Crippen molar-refractivity contribution in [1.29, 1.82) is 0 Å². The van der Waals surface area contributed by atoms with Gasteiger partial charge in [-0.15, -0.1) is 0 Å². The fraction of sp³-hybridized carbons (Fsp3) is 0.375. The van der Waals surface area contributed by atoms with Crippen molar-refractivity contribution in [3.8, 4) is 11.5 Å². The minimum Gasteiger partial charge on any atom is -0.479 e. The highest BCUT2D eigenvalue weighted by Crippen LogP contribution is 2.26. The van der Waals surface area contributed by atoms with Gasteiger partial charge in [0.25, 0.3) is 0 Å². The van der Waals surface area contributed by atoms with Gasteiger partial charge >= 0.3 is 12.1 Å². The molecule has 168 valence electrons. The number of likely N-dealkylation sites (tertiary alicyclic amines) is 1. The Labute approximate surface area is 184 Å². The Morgan fingerprint density at radius 1 is 1.22 bits per heavy atom. The van der Waals surface area contributed by atoms with E-state index < -0.39 is 24.2 Å². The van der Waals surface area contributed by atoms with E-state index >= 15 is 0 Å². The first-order chi connectivity index (χ1) is 15.4. The molecule has 0 bridgehead atoms. The van der Waals surface area contributed by atoms with Crippen LogP contribution < -0.4 is 0 Å². The molecule has 1 amide bonds. The highest BCUT2D eigenvalue weighted by atomic mass is 19.1. The summed E-state index contributed by atoms with van der Waals surface area (Å²) in [5, 5.41) is 11.0.